The quantitative estimate of drug-likeness (QED) is 0.506. The van der Waals surface area contributed by atoms with E-state index in [1.54, 1.807) is 6.07 Å². The molecule has 2 N–H and O–H groups in total. The van der Waals surface area contributed by atoms with Crippen molar-refractivity contribution in [3.63, 3.8) is 0 Å². The van der Waals surface area contributed by atoms with E-state index in [2.05, 4.69) is 31.2 Å². The van der Waals surface area contributed by atoms with Crippen molar-refractivity contribution < 1.29 is 13.9 Å². The maximum Gasteiger partial charge on any atom is 0.227 e. The fourth-order valence-electron chi connectivity index (χ4n) is 6.74. The first-order valence-electron chi connectivity index (χ1n) is 13.7. The summed E-state index contributed by atoms with van der Waals surface area (Å²) in [6.07, 6.45) is 10.7. The van der Waals surface area contributed by atoms with E-state index in [4.69, 9.17) is 4.74 Å². The van der Waals surface area contributed by atoms with Gasteiger partial charge in [0, 0.05) is 56.3 Å². The fourth-order valence-corrected chi connectivity index (χ4v) is 6.74. The minimum Gasteiger partial charge on any atom is -0.381 e. The van der Waals surface area contributed by atoms with Gasteiger partial charge in [0.2, 0.25) is 5.91 Å². The minimum atomic E-state index is -0.569. The molecule has 4 heterocycles. The number of benzene rings is 1. The number of nitrogens with one attached hydrogen (secondary N) is 2. The van der Waals surface area contributed by atoms with Crippen LogP contribution >= 0.6 is 0 Å². The molecule has 4 atom stereocenters. The highest BCUT2D eigenvalue weighted by Crippen LogP contribution is 2.39. The Labute approximate surface area is 217 Å². The number of nitrogens with zero attached hydrogens (tertiary/aromatic N) is 3. The smallest absolute Gasteiger partial charge is 0.227 e. The number of imidazole rings is 1. The Morgan fingerprint density at radius 3 is 3.05 bits per heavy atom. The topological polar surface area (TPSA) is 83.1 Å². The van der Waals surface area contributed by atoms with Gasteiger partial charge in [-0.25, -0.2) is 9.37 Å². The lowest BCUT2D eigenvalue weighted by atomic mass is 9.87. The van der Waals surface area contributed by atoms with Crippen molar-refractivity contribution in [1.29, 1.82) is 0 Å². The highest BCUT2D eigenvalue weighted by molar-refractivity contribution is 5.82. The molecule has 196 valence electrons. The molecule has 3 aliphatic rings. The highest BCUT2D eigenvalue weighted by Gasteiger charge is 2.39. The van der Waals surface area contributed by atoms with E-state index in [-0.39, 0.29) is 18.4 Å². The van der Waals surface area contributed by atoms with Crippen LogP contribution in [0.25, 0.3) is 11.0 Å². The maximum absolute atomic E-state index is 13.4. The second-order valence-electron chi connectivity index (χ2n) is 10.9. The van der Waals surface area contributed by atoms with Gasteiger partial charge in [-0.15, -0.1) is 0 Å². The van der Waals surface area contributed by atoms with Gasteiger partial charge < -0.3 is 15.0 Å². The molecule has 3 unspecified atom stereocenters. The van der Waals surface area contributed by atoms with Crippen LogP contribution in [0.1, 0.15) is 60.5 Å². The summed E-state index contributed by atoms with van der Waals surface area (Å²) >= 11 is 0. The second kappa shape index (κ2) is 10.9. The normalized spacial score (nSPS) is 26.3. The van der Waals surface area contributed by atoms with E-state index in [1.165, 1.54) is 11.1 Å². The number of aromatic nitrogens is 3. The van der Waals surface area contributed by atoms with E-state index in [0.717, 1.165) is 70.3 Å². The zero-order valence-corrected chi connectivity index (χ0v) is 21.3. The van der Waals surface area contributed by atoms with Crippen LogP contribution in [0.4, 0.5) is 4.39 Å². The molecule has 0 spiro atoms. The highest BCUT2D eigenvalue weighted by atomic mass is 19.1. The Balaban J connectivity index is 1.17. The van der Waals surface area contributed by atoms with E-state index in [9.17, 15) is 9.18 Å². The van der Waals surface area contributed by atoms with E-state index in [1.807, 2.05) is 24.5 Å². The molecule has 37 heavy (non-hydrogen) atoms. The number of amides is 1. The number of carbonyl (C=O) groups is 1. The molecule has 0 saturated carbocycles. The molecular weight excluding hydrogens is 469 g/mol. The molecule has 1 amide bonds. The summed E-state index contributed by atoms with van der Waals surface area (Å²) in [5, 5.41) is 3.37. The van der Waals surface area contributed by atoms with Gasteiger partial charge in [-0.2, -0.15) is 0 Å². The average Bonchev–Trinajstić information content (AvgIpc) is 3.55. The number of fused-ring (bicyclic) bond motifs is 2. The second-order valence-corrected chi connectivity index (χ2v) is 10.9. The van der Waals surface area contributed by atoms with Crippen molar-refractivity contribution in [2.45, 2.75) is 69.6 Å². The van der Waals surface area contributed by atoms with Crippen LogP contribution in [0, 0.1) is 5.92 Å². The van der Waals surface area contributed by atoms with E-state index in [0.29, 0.717) is 34.8 Å². The van der Waals surface area contributed by atoms with Crippen molar-refractivity contribution in [2.24, 2.45) is 5.92 Å². The minimum absolute atomic E-state index is 0.0297. The molecule has 2 aliphatic heterocycles. The number of hydrogen-bond donors (Lipinski definition) is 2. The summed E-state index contributed by atoms with van der Waals surface area (Å²) in [6, 6.07) is 8.23. The predicted octanol–water partition coefficient (Wildman–Crippen LogP) is 4.08. The van der Waals surface area contributed by atoms with Crippen LogP contribution in [0.15, 0.2) is 36.7 Å². The van der Waals surface area contributed by atoms with E-state index >= 15 is 0 Å². The third-order valence-electron chi connectivity index (χ3n) is 8.60. The molecule has 2 fully saturated rings. The number of alkyl halides is 1. The van der Waals surface area contributed by atoms with Gasteiger partial charge in [0.1, 0.15) is 12.5 Å². The monoisotopic (exact) mass is 505 g/mol. The number of rotatable bonds is 7. The summed E-state index contributed by atoms with van der Waals surface area (Å²) in [5.41, 5.74) is 4.75. The van der Waals surface area contributed by atoms with Gasteiger partial charge in [-0.1, -0.05) is 12.1 Å². The largest absolute Gasteiger partial charge is 0.381 e. The van der Waals surface area contributed by atoms with Gasteiger partial charge in [-0.3, -0.25) is 14.7 Å². The number of aromatic amines is 1. The molecule has 0 radical (unpaired) electrons. The van der Waals surface area contributed by atoms with Gasteiger partial charge in [0.15, 0.2) is 0 Å². The molecule has 1 aromatic carbocycles. The molecule has 6 rings (SSSR count). The van der Waals surface area contributed by atoms with Crippen LogP contribution in [0.2, 0.25) is 0 Å². The zero-order chi connectivity index (χ0) is 25.2. The number of carbonyl (C=O) groups excluding carboxylic acids is 1. The molecule has 2 saturated heterocycles. The van der Waals surface area contributed by atoms with Crippen molar-refractivity contribution in [2.75, 3.05) is 26.3 Å². The summed E-state index contributed by atoms with van der Waals surface area (Å²) in [6.45, 7) is 2.99. The molecule has 8 heteroatoms. The Morgan fingerprint density at radius 2 is 2.14 bits per heavy atom. The number of ether oxygens (including phenoxy) is 1. The maximum atomic E-state index is 13.4. The lowest BCUT2D eigenvalue weighted by Crippen LogP contribution is -2.42. The molecule has 2 aromatic heterocycles. The molecule has 0 bridgehead atoms. The van der Waals surface area contributed by atoms with Crippen molar-refractivity contribution in [3.8, 4) is 0 Å². The number of aryl methyl sites for hydroxylation is 1. The van der Waals surface area contributed by atoms with Gasteiger partial charge >= 0.3 is 0 Å². The molecular formula is C29H36FN5O2. The van der Waals surface area contributed by atoms with Crippen LogP contribution < -0.4 is 5.32 Å². The summed E-state index contributed by atoms with van der Waals surface area (Å²) in [5.74, 6) is 1.47. The summed E-state index contributed by atoms with van der Waals surface area (Å²) in [7, 11) is 0. The number of hydrogen-bond acceptors (Lipinski definition) is 5. The first-order valence-corrected chi connectivity index (χ1v) is 13.7. The number of para-hydroxylation sites is 1. The summed E-state index contributed by atoms with van der Waals surface area (Å²) < 4.78 is 19.1. The van der Waals surface area contributed by atoms with Crippen molar-refractivity contribution in [1.82, 2.24) is 25.2 Å². The van der Waals surface area contributed by atoms with Crippen molar-refractivity contribution >= 4 is 16.9 Å². The standard InChI is InChI=1S/C29H36FN5O2/c30-15-20-3-1-5-25-29(20)34-27(32-25)14-28(36)33-26-18-35(23-4-2-11-37-12-9-23)17-22(26)13-19-6-7-21-16-31-10-8-24(19)21/h1,3,5,8,10,16,19,22-23,26H,2,4,6-7,9,11-15,17-18H2,(H,32,34)(H,33,36)/t19?,22-,23?,26?/m0/s1. The predicted molar refractivity (Wildman–Crippen MR) is 140 cm³/mol. The third kappa shape index (κ3) is 5.27. The van der Waals surface area contributed by atoms with Crippen LogP contribution in [-0.4, -0.2) is 64.1 Å². The average molecular weight is 506 g/mol. The number of pyridine rings is 1. The Morgan fingerprint density at radius 1 is 1.19 bits per heavy atom. The molecule has 3 aromatic rings. The molecule has 1 aliphatic carbocycles. The van der Waals surface area contributed by atoms with Crippen molar-refractivity contribution in [3.05, 3.63) is 59.2 Å². The van der Waals surface area contributed by atoms with Crippen LogP contribution in [-0.2, 0) is 29.0 Å². The van der Waals surface area contributed by atoms with Gasteiger partial charge in [0.25, 0.3) is 0 Å². The first kappa shape index (κ1) is 24.5. The van der Waals surface area contributed by atoms with Crippen LogP contribution in [0.5, 0.6) is 0 Å². The Hall–Kier alpha value is -2.84. The molecule has 7 nitrogen and oxygen atoms in total. The number of H-pyrrole nitrogens is 1. The zero-order valence-electron chi connectivity index (χ0n) is 21.3. The van der Waals surface area contributed by atoms with Gasteiger partial charge in [-0.05, 0) is 73.6 Å². The lowest BCUT2D eigenvalue weighted by molar-refractivity contribution is -0.121. The van der Waals surface area contributed by atoms with Gasteiger partial charge in [0.05, 0.1) is 17.5 Å². The fraction of sp³-hybridized carbons (Fsp3) is 0.552. The SMILES string of the molecule is O=C(Cc1nc2c(CF)cccc2[nH]1)NC1CN(C2CCCOCC2)C[C@@H]1CC1CCc2cnccc21. The Kier molecular flexibility index (Phi) is 7.20. The number of halogens is 1. The van der Waals surface area contributed by atoms with Crippen LogP contribution in [0.3, 0.4) is 0 Å². The number of likely N-dealkylation sites (tertiary alicyclic amines) is 1. The first-order chi connectivity index (χ1) is 18.2. The lowest BCUT2D eigenvalue weighted by Gasteiger charge is -2.26. The van der Waals surface area contributed by atoms with E-state index < -0.39 is 6.67 Å². The Bertz CT molecular complexity index is 1240. The summed E-state index contributed by atoms with van der Waals surface area (Å²) in [4.78, 5) is 27.9. The third-order valence-corrected chi connectivity index (χ3v) is 8.60.